The minimum atomic E-state index is -4.25. The number of carbonyl (C=O) groups is 2. The Morgan fingerprint density at radius 1 is 0.848 bits per heavy atom. The highest BCUT2D eigenvalue weighted by Crippen LogP contribution is 2.29. The van der Waals surface area contributed by atoms with Crippen LogP contribution >= 0.6 is 23.2 Å². The highest BCUT2D eigenvalue weighted by molar-refractivity contribution is 7.92. The SMILES string of the molecule is CCNC(=O)[C@H](Cc1ccccc1)N(Cc1c(Cl)cccc1Cl)C(=O)CN(c1ccc(C)cc1)S(=O)(=O)c1ccc(OCC)cc1. The van der Waals surface area contributed by atoms with Crippen LogP contribution in [0.1, 0.15) is 30.5 Å². The summed E-state index contributed by atoms with van der Waals surface area (Å²) >= 11 is 13.1. The maximum absolute atomic E-state index is 14.5. The van der Waals surface area contributed by atoms with Crippen LogP contribution in [0.3, 0.4) is 0 Å². The average molecular weight is 683 g/mol. The summed E-state index contributed by atoms with van der Waals surface area (Å²) in [6, 6.07) is 26.2. The number of nitrogens with one attached hydrogen (secondary N) is 1. The van der Waals surface area contributed by atoms with Crippen LogP contribution in [-0.2, 0) is 32.6 Å². The number of hydrogen-bond acceptors (Lipinski definition) is 5. The van der Waals surface area contributed by atoms with Crippen molar-refractivity contribution in [1.29, 1.82) is 0 Å². The van der Waals surface area contributed by atoms with Crippen molar-refractivity contribution in [1.82, 2.24) is 10.2 Å². The summed E-state index contributed by atoms with van der Waals surface area (Å²) in [6.45, 7) is 5.55. The molecule has 0 unspecified atom stereocenters. The smallest absolute Gasteiger partial charge is 0.264 e. The number of halogens is 2. The lowest BCUT2D eigenvalue weighted by Crippen LogP contribution is -2.53. The van der Waals surface area contributed by atoms with Gasteiger partial charge in [-0.1, -0.05) is 77.3 Å². The number of anilines is 1. The lowest BCUT2D eigenvalue weighted by atomic mass is 10.0. The zero-order chi connectivity index (χ0) is 33.3. The maximum atomic E-state index is 14.5. The lowest BCUT2D eigenvalue weighted by Gasteiger charge is -2.34. The van der Waals surface area contributed by atoms with Gasteiger partial charge in [0.05, 0.1) is 17.2 Å². The van der Waals surface area contributed by atoms with E-state index in [1.54, 1.807) is 61.5 Å². The molecule has 4 aromatic carbocycles. The monoisotopic (exact) mass is 681 g/mol. The number of sulfonamides is 1. The second-order valence-corrected chi connectivity index (χ2v) is 13.3. The summed E-state index contributed by atoms with van der Waals surface area (Å²) in [5, 5.41) is 3.47. The summed E-state index contributed by atoms with van der Waals surface area (Å²) in [6.07, 6.45) is 0.177. The highest BCUT2D eigenvalue weighted by Gasteiger charge is 2.35. The van der Waals surface area contributed by atoms with Crippen molar-refractivity contribution in [2.45, 2.75) is 44.7 Å². The number of benzene rings is 4. The Bertz CT molecular complexity index is 1710. The molecule has 0 spiro atoms. The van der Waals surface area contributed by atoms with Crippen LogP contribution in [0.25, 0.3) is 0 Å². The molecule has 2 amide bonds. The maximum Gasteiger partial charge on any atom is 0.264 e. The third-order valence-corrected chi connectivity index (χ3v) is 9.83. The number of carbonyl (C=O) groups excluding carboxylic acids is 2. The third-order valence-electron chi connectivity index (χ3n) is 7.34. The summed E-state index contributed by atoms with van der Waals surface area (Å²) in [7, 11) is -4.25. The standard InChI is InChI=1S/C35H37Cl2N3O5S/c1-4-38-35(42)33(22-26-10-7-6-8-11-26)39(23-30-31(36)12-9-13-32(30)37)34(41)24-40(27-16-14-25(3)15-17-27)46(43,44)29-20-18-28(19-21-29)45-5-2/h6-21,33H,4-5,22-24H2,1-3H3,(H,38,42)/t33-/m0/s1. The number of ether oxygens (including phenoxy) is 1. The van der Waals surface area contributed by atoms with Gasteiger partial charge in [0.1, 0.15) is 18.3 Å². The molecule has 4 aromatic rings. The van der Waals surface area contributed by atoms with E-state index in [0.29, 0.717) is 40.2 Å². The van der Waals surface area contributed by atoms with Gasteiger partial charge in [0.25, 0.3) is 10.0 Å². The molecule has 1 atom stereocenters. The molecule has 0 radical (unpaired) electrons. The first-order valence-electron chi connectivity index (χ1n) is 14.9. The fraction of sp³-hybridized carbons (Fsp3) is 0.257. The van der Waals surface area contributed by atoms with E-state index in [1.165, 1.54) is 17.0 Å². The van der Waals surface area contributed by atoms with Crippen LogP contribution in [0, 0.1) is 6.92 Å². The Morgan fingerprint density at radius 3 is 2.07 bits per heavy atom. The minimum absolute atomic E-state index is 0.0189. The van der Waals surface area contributed by atoms with Gasteiger partial charge in [-0.15, -0.1) is 0 Å². The summed E-state index contributed by atoms with van der Waals surface area (Å²) in [4.78, 5) is 29.5. The van der Waals surface area contributed by atoms with Gasteiger partial charge in [0.15, 0.2) is 0 Å². The van der Waals surface area contributed by atoms with E-state index in [1.807, 2.05) is 44.2 Å². The minimum Gasteiger partial charge on any atom is -0.494 e. The number of amides is 2. The Balaban J connectivity index is 1.81. The topological polar surface area (TPSA) is 96.0 Å². The van der Waals surface area contributed by atoms with Crippen LogP contribution in [0.15, 0.2) is 102 Å². The van der Waals surface area contributed by atoms with Crippen molar-refractivity contribution in [2.24, 2.45) is 0 Å². The van der Waals surface area contributed by atoms with E-state index in [-0.39, 0.29) is 23.8 Å². The molecule has 8 nitrogen and oxygen atoms in total. The molecule has 11 heteroatoms. The van der Waals surface area contributed by atoms with Gasteiger partial charge in [-0.3, -0.25) is 13.9 Å². The molecule has 0 heterocycles. The Labute approximate surface area is 280 Å². The third kappa shape index (κ3) is 8.60. The summed E-state index contributed by atoms with van der Waals surface area (Å²) < 4.78 is 35.0. The molecular formula is C35H37Cl2N3O5S. The molecule has 0 aliphatic rings. The van der Waals surface area contributed by atoms with Crippen molar-refractivity contribution in [3.05, 3.63) is 124 Å². The van der Waals surface area contributed by atoms with Crippen molar-refractivity contribution in [3.63, 3.8) is 0 Å². The first-order chi connectivity index (χ1) is 22.0. The molecule has 242 valence electrons. The first kappa shape index (κ1) is 34.8. The van der Waals surface area contributed by atoms with Crippen LogP contribution in [0.4, 0.5) is 5.69 Å². The average Bonchev–Trinajstić information content (AvgIpc) is 3.04. The zero-order valence-corrected chi connectivity index (χ0v) is 28.3. The van der Waals surface area contributed by atoms with Crippen LogP contribution in [-0.4, -0.2) is 50.9 Å². The first-order valence-corrected chi connectivity index (χ1v) is 17.1. The Hall–Kier alpha value is -4.05. The number of nitrogens with zero attached hydrogens (tertiary/aromatic N) is 2. The molecule has 4 rings (SSSR count). The number of aryl methyl sites for hydroxylation is 1. The molecular weight excluding hydrogens is 645 g/mol. The van der Waals surface area contributed by atoms with Gasteiger partial charge >= 0.3 is 0 Å². The molecule has 0 saturated carbocycles. The van der Waals surface area contributed by atoms with Crippen molar-refractivity contribution in [3.8, 4) is 5.75 Å². The fourth-order valence-electron chi connectivity index (χ4n) is 4.94. The van der Waals surface area contributed by atoms with Gasteiger partial charge < -0.3 is 15.0 Å². The van der Waals surface area contributed by atoms with Gasteiger partial charge in [0, 0.05) is 35.1 Å². The molecule has 0 aliphatic carbocycles. The van der Waals surface area contributed by atoms with Crippen molar-refractivity contribution in [2.75, 3.05) is 24.0 Å². The predicted molar refractivity (Wildman–Crippen MR) is 183 cm³/mol. The molecule has 46 heavy (non-hydrogen) atoms. The Kier molecular flexibility index (Phi) is 12.1. The van der Waals surface area contributed by atoms with E-state index in [0.717, 1.165) is 15.4 Å². The van der Waals surface area contributed by atoms with E-state index in [2.05, 4.69) is 5.32 Å². The molecule has 0 bridgehead atoms. The number of rotatable bonds is 14. The van der Waals surface area contributed by atoms with Gasteiger partial charge in [-0.05, 0) is 74.9 Å². The molecule has 0 fully saturated rings. The summed E-state index contributed by atoms with van der Waals surface area (Å²) in [5.41, 5.74) is 2.47. The zero-order valence-electron chi connectivity index (χ0n) is 26.0. The van der Waals surface area contributed by atoms with Gasteiger partial charge in [0.2, 0.25) is 11.8 Å². The van der Waals surface area contributed by atoms with Crippen molar-refractivity contribution >= 4 is 50.7 Å². The quantitative estimate of drug-likeness (QED) is 0.160. The lowest BCUT2D eigenvalue weighted by molar-refractivity contribution is -0.140. The molecule has 0 aliphatic heterocycles. The molecule has 1 N–H and O–H groups in total. The second-order valence-electron chi connectivity index (χ2n) is 10.6. The number of hydrogen-bond donors (Lipinski definition) is 1. The second kappa shape index (κ2) is 16.0. The van der Waals surface area contributed by atoms with Crippen molar-refractivity contribution < 1.29 is 22.7 Å². The van der Waals surface area contributed by atoms with E-state index in [4.69, 9.17) is 27.9 Å². The van der Waals surface area contributed by atoms with Crippen LogP contribution < -0.4 is 14.4 Å². The summed E-state index contributed by atoms with van der Waals surface area (Å²) in [5.74, 6) is -0.481. The van der Waals surface area contributed by atoms with Crippen LogP contribution in [0.2, 0.25) is 10.0 Å². The van der Waals surface area contributed by atoms with E-state index in [9.17, 15) is 18.0 Å². The molecule has 0 aromatic heterocycles. The fourth-order valence-corrected chi connectivity index (χ4v) is 6.87. The molecule has 0 saturated heterocycles. The number of likely N-dealkylation sites (N-methyl/N-ethyl adjacent to an activating group) is 1. The van der Waals surface area contributed by atoms with Gasteiger partial charge in [-0.25, -0.2) is 8.42 Å². The Morgan fingerprint density at radius 2 is 1.48 bits per heavy atom. The van der Waals surface area contributed by atoms with Gasteiger partial charge in [-0.2, -0.15) is 0 Å². The highest BCUT2D eigenvalue weighted by atomic mass is 35.5. The largest absolute Gasteiger partial charge is 0.494 e. The van der Waals surface area contributed by atoms with Crippen LogP contribution in [0.5, 0.6) is 5.75 Å². The van der Waals surface area contributed by atoms with E-state index < -0.39 is 28.5 Å². The predicted octanol–water partition coefficient (Wildman–Crippen LogP) is 6.67. The normalized spacial score (nSPS) is 11.8. The van der Waals surface area contributed by atoms with E-state index >= 15 is 0 Å².